The number of rotatable bonds is 8. The van der Waals surface area contributed by atoms with Crippen molar-refractivity contribution in [2.45, 2.75) is 19.9 Å². The molecule has 0 aliphatic carbocycles. The predicted octanol–water partition coefficient (Wildman–Crippen LogP) is 2.95. The monoisotopic (exact) mass is 487 g/mol. The van der Waals surface area contributed by atoms with Crippen LogP contribution in [-0.2, 0) is 0 Å². The van der Waals surface area contributed by atoms with Crippen molar-refractivity contribution < 1.29 is 9.59 Å². The number of nitrogens with one attached hydrogen (secondary N) is 2. The Kier molecular flexibility index (Phi) is 10.4. The van der Waals surface area contributed by atoms with Crippen LogP contribution in [0.2, 0.25) is 0 Å². The van der Waals surface area contributed by atoms with E-state index in [4.69, 9.17) is 0 Å². The van der Waals surface area contributed by atoms with Crippen LogP contribution in [0.1, 0.15) is 44.8 Å². The summed E-state index contributed by atoms with van der Waals surface area (Å²) in [6.45, 7) is 9.24. The van der Waals surface area contributed by atoms with Gasteiger partial charge in [0.1, 0.15) is 0 Å². The normalized spacial score (nSPS) is 14.8. The lowest BCUT2D eigenvalue weighted by atomic mass is 10.0. The van der Waals surface area contributed by atoms with Crippen LogP contribution in [-0.4, -0.2) is 82.0 Å². The molecular formula is C26H38ClN5O2. The highest BCUT2D eigenvalue weighted by atomic mass is 35.5. The van der Waals surface area contributed by atoms with Crippen molar-refractivity contribution in [1.82, 2.24) is 20.4 Å². The maximum Gasteiger partial charge on any atom is 0.253 e. The summed E-state index contributed by atoms with van der Waals surface area (Å²) >= 11 is 0. The van der Waals surface area contributed by atoms with Gasteiger partial charge in [-0.2, -0.15) is 0 Å². The first-order valence-electron chi connectivity index (χ1n) is 11.6. The van der Waals surface area contributed by atoms with Crippen molar-refractivity contribution in [2.75, 3.05) is 65.3 Å². The Bertz CT molecular complexity index is 975. The molecule has 0 aromatic heterocycles. The van der Waals surface area contributed by atoms with Crippen molar-refractivity contribution in [2.24, 2.45) is 0 Å². The van der Waals surface area contributed by atoms with Crippen molar-refractivity contribution in [3.05, 3.63) is 64.7 Å². The average molecular weight is 488 g/mol. The fraction of sp³-hybridized carbons (Fsp3) is 0.462. The summed E-state index contributed by atoms with van der Waals surface area (Å²) in [5, 5.41) is 6.18. The van der Waals surface area contributed by atoms with Crippen LogP contribution in [0.15, 0.2) is 42.5 Å². The minimum Gasteiger partial charge on any atom is -0.369 e. The summed E-state index contributed by atoms with van der Waals surface area (Å²) in [4.78, 5) is 32.2. The molecule has 2 aromatic carbocycles. The van der Waals surface area contributed by atoms with Gasteiger partial charge >= 0.3 is 0 Å². The number of hydrogen-bond donors (Lipinski definition) is 2. The van der Waals surface area contributed by atoms with Crippen molar-refractivity contribution >= 4 is 29.9 Å². The van der Waals surface area contributed by atoms with E-state index in [9.17, 15) is 9.59 Å². The maximum atomic E-state index is 13.2. The SMILES string of the molecule is CNCCN(C)C(=O)c1cccc([C@@H](C)NC(=O)c2cc(N3CCN(C)CC3)ccc2C)c1.Cl. The number of hydrogen-bond acceptors (Lipinski definition) is 5. The number of carbonyl (C=O) groups excluding carboxylic acids is 2. The number of carbonyl (C=O) groups is 2. The van der Waals surface area contributed by atoms with Gasteiger partial charge in [0.25, 0.3) is 11.8 Å². The number of benzene rings is 2. The summed E-state index contributed by atoms with van der Waals surface area (Å²) in [6, 6.07) is 13.4. The minimum atomic E-state index is -0.223. The van der Waals surface area contributed by atoms with Crippen molar-refractivity contribution in [3.8, 4) is 0 Å². The standard InChI is InChI=1S/C26H37N5O2.ClH/c1-19-9-10-23(31-15-13-29(4)14-16-31)18-24(19)25(32)28-20(2)21-7-6-8-22(17-21)26(33)30(5)12-11-27-3;/h6-10,17-18,20,27H,11-16H2,1-5H3,(H,28,32);1H/t20-;/m1./s1. The van der Waals surface area contributed by atoms with Crippen LogP contribution in [0, 0.1) is 6.92 Å². The molecule has 3 rings (SSSR count). The molecule has 0 saturated carbocycles. The van der Waals surface area contributed by atoms with Gasteiger partial charge in [0.05, 0.1) is 6.04 Å². The fourth-order valence-electron chi connectivity index (χ4n) is 4.02. The molecule has 0 unspecified atom stereocenters. The highest BCUT2D eigenvalue weighted by Gasteiger charge is 2.19. The molecular weight excluding hydrogens is 450 g/mol. The molecule has 1 saturated heterocycles. The molecule has 1 aliphatic heterocycles. The van der Waals surface area contributed by atoms with E-state index in [0.717, 1.165) is 49.5 Å². The molecule has 1 heterocycles. The summed E-state index contributed by atoms with van der Waals surface area (Å²) in [6.07, 6.45) is 0. The lowest BCUT2D eigenvalue weighted by molar-refractivity contribution is 0.0796. The zero-order valence-electron chi connectivity index (χ0n) is 20.9. The van der Waals surface area contributed by atoms with Gasteiger partial charge in [-0.1, -0.05) is 18.2 Å². The van der Waals surface area contributed by atoms with Gasteiger partial charge in [-0.05, 0) is 63.3 Å². The lowest BCUT2D eigenvalue weighted by Gasteiger charge is -2.34. The number of halogens is 1. The van der Waals surface area contributed by atoms with Gasteiger partial charge in [-0.3, -0.25) is 9.59 Å². The Morgan fingerprint density at radius 2 is 1.79 bits per heavy atom. The molecule has 2 amide bonds. The van der Waals surface area contributed by atoms with Crippen LogP contribution in [0.25, 0.3) is 0 Å². The molecule has 0 radical (unpaired) electrons. The van der Waals surface area contributed by atoms with Gasteiger partial charge in [-0.25, -0.2) is 0 Å². The third-order valence-corrected chi connectivity index (χ3v) is 6.36. The van der Waals surface area contributed by atoms with E-state index in [1.807, 2.05) is 57.3 Å². The summed E-state index contributed by atoms with van der Waals surface area (Å²) in [7, 11) is 5.80. The van der Waals surface area contributed by atoms with E-state index in [-0.39, 0.29) is 30.3 Å². The Balaban J connectivity index is 0.00000408. The minimum absolute atomic E-state index is 0. The lowest BCUT2D eigenvalue weighted by Crippen LogP contribution is -2.44. The summed E-state index contributed by atoms with van der Waals surface area (Å²) in [5.41, 5.74) is 4.26. The van der Waals surface area contributed by atoms with Gasteiger partial charge < -0.3 is 25.3 Å². The fourth-order valence-corrected chi connectivity index (χ4v) is 4.02. The zero-order valence-corrected chi connectivity index (χ0v) is 21.7. The van der Waals surface area contributed by atoms with E-state index in [1.54, 1.807) is 11.9 Å². The van der Waals surface area contributed by atoms with E-state index in [0.29, 0.717) is 17.7 Å². The van der Waals surface area contributed by atoms with Gasteiger partial charge in [0.15, 0.2) is 0 Å². The van der Waals surface area contributed by atoms with Gasteiger partial charge in [0, 0.05) is 63.1 Å². The third kappa shape index (κ3) is 6.95. The van der Waals surface area contributed by atoms with Gasteiger partial charge in [-0.15, -0.1) is 12.4 Å². The third-order valence-electron chi connectivity index (χ3n) is 6.36. The van der Waals surface area contributed by atoms with Crippen LogP contribution < -0.4 is 15.5 Å². The van der Waals surface area contributed by atoms with Crippen LogP contribution in [0.3, 0.4) is 0 Å². The summed E-state index contributed by atoms with van der Waals surface area (Å²) in [5.74, 6) is -0.125. The second kappa shape index (κ2) is 12.7. The molecule has 7 nitrogen and oxygen atoms in total. The van der Waals surface area contributed by atoms with Crippen molar-refractivity contribution in [3.63, 3.8) is 0 Å². The average Bonchev–Trinajstić information content (AvgIpc) is 2.82. The number of piperazine rings is 1. The Hall–Kier alpha value is -2.61. The first-order valence-corrected chi connectivity index (χ1v) is 11.6. The Labute approximate surface area is 209 Å². The Morgan fingerprint density at radius 3 is 2.47 bits per heavy atom. The number of nitrogens with zero attached hydrogens (tertiary/aromatic N) is 3. The molecule has 1 fully saturated rings. The molecule has 8 heteroatoms. The number of likely N-dealkylation sites (N-methyl/N-ethyl adjacent to an activating group) is 3. The first kappa shape index (κ1) is 27.6. The van der Waals surface area contributed by atoms with Crippen LogP contribution in [0.5, 0.6) is 0 Å². The van der Waals surface area contributed by atoms with E-state index in [1.165, 1.54) is 0 Å². The molecule has 34 heavy (non-hydrogen) atoms. The first-order chi connectivity index (χ1) is 15.8. The largest absolute Gasteiger partial charge is 0.369 e. The molecule has 0 bridgehead atoms. The van der Waals surface area contributed by atoms with Crippen molar-refractivity contribution in [1.29, 1.82) is 0 Å². The maximum absolute atomic E-state index is 13.2. The van der Waals surface area contributed by atoms with Crippen LogP contribution >= 0.6 is 12.4 Å². The number of amides is 2. The molecule has 1 atom stereocenters. The molecule has 2 N–H and O–H groups in total. The second-order valence-electron chi connectivity index (χ2n) is 8.94. The quantitative estimate of drug-likeness (QED) is 0.599. The molecule has 0 spiro atoms. The molecule has 2 aromatic rings. The summed E-state index contributed by atoms with van der Waals surface area (Å²) < 4.78 is 0. The topological polar surface area (TPSA) is 67.9 Å². The van der Waals surface area contributed by atoms with E-state index < -0.39 is 0 Å². The highest BCUT2D eigenvalue weighted by molar-refractivity contribution is 5.97. The van der Waals surface area contributed by atoms with Gasteiger partial charge in [0.2, 0.25) is 0 Å². The highest BCUT2D eigenvalue weighted by Crippen LogP contribution is 2.22. The zero-order chi connectivity index (χ0) is 24.0. The number of anilines is 1. The van der Waals surface area contributed by atoms with E-state index in [2.05, 4.69) is 33.5 Å². The second-order valence-corrected chi connectivity index (χ2v) is 8.94. The molecule has 186 valence electrons. The Morgan fingerprint density at radius 1 is 1.09 bits per heavy atom. The number of aryl methyl sites for hydroxylation is 1. The van der Waals surface area contributed by atoms with Crippen LogP contribution in [0.4, 0.5) is 5.69 Å². The smallest absolute Gasteiger partial charge is 0.253 e. The molecule has 1 aliphatic rings. The predicted molar refractivity (Wildman–Crippen MR) is 141 cm³/mol. The van der Waals surface area contributed by atoms with E-state index >= 15 is 0 Å².